The Kier molecular flexibility index (Phi) is 4.39. The second-order valence-corrected chi connectivity index (χ2v) is 6.03. The summed E-state index contributed by atoms with van der Waals surface area (Å²) in [6, 6.07) is 23.4. The molecule has 0 aliphatic rings. The molecule has 0 aliphatic heterocycles. The van der Waals surface area contributed by atoms with Crippen molar-refractivity contribution in [3.63, 3.8) is 0 Å². The van der Waals surface area contributed by atoms with E-state index in [1.54, 1.807) is 24.5 Å². The van der Waals surface area contributed by atoms with Crippen LogP contribution in [0.3, 0.4) is 0 Å². The lowest BCUT2D eigenvalue weighted by molar-refractivity contribution is 0.102. The van der Waals surface area contributed by atoms with Crippen LogP contribution in [0.25, 0.3) is 11.0 Å². The minimum atomic E-state index is -0.155. The maximum absolute atomic E-state index is 12.7. The molecular weight excluding hydrogens is 322 g/mol. The number of rotatable bonds is 4. The van der Waals surface area contributed by atoms with E-state index in [0.29, 0.717) is 11.1 Å². The van der Waals surface area contributed by atoms with Crippen molar-refractivity contribution in [3.8, 4) is 0 Å². The van der Waals surface area contributed by atoms with Crippen molar-refractivity contribution in [2.75, 3.05) is 5.32 Å². The van der Waals surface area contributed by atoms with Gasteiger partial charge in [-0.05, 0) is 41.8 Å². The second kappa shape index (κ2) is 7.15. The Morgan fingerprint density at radius 3 is 2.38 bits per heavy atom. The minimum absolute atomic E-state index is 0.155. The van der Waals surface area contributed by atoms with E-state index in [0.717, 1.165) is 23.2 Å². The zero-order valence-electron chi connectivity index (χ0n) is 14.1. The van der Waals surface area contributed by atoms with Crippen molar-refractivity contribution >= 4 is 22.6 Å². The SMILES string of the molecule is O=C(Nc1ccccc1Cc1ccccc1)c1ccc2nccnc2c1. The predicted octanol–water partition coefficient (Wildman–Crippen LogP) is 4.47. The van der Waals surface area contributed by atoms with Crippen molar-refractivity contribution in [2.24, 2.45) is 0 Å². The van der Waals surface area contributed by atoms with Crippen molar-refractivity contribution in [1.29, 1.82) is 0 Å². The number of benzene rings is 3. The maximum atomic E-state index is 12.7. The molecule has 0 aliphatic carbocycles. The minimum Gasteiger partial charge on any atom is -0.322 e. The van der Waals surface area contributed by atoms with Crippen LogP contribution in [0.1, 0.15) is 21.5 Å². The Labute approximate surface area is 151 Å². The molecule has 1 amide bonds. The molecule has 0 radical (unpaired) electrons. The summed E-state index contributed by atoms with van der Waals surface area (Å²) in [4.78, 5) is 21.2. The number of hydrogen-bond donors (Lipinski definition) is 1. The molecule has 0 saturated carbocycles. The highest BCUT2D eigenvalue weighted by Crippen LogP contribution is 2.20. The first-order chi connectivity index (χ1) is 12.8. The molecule has 0 spiro atoms. The van der Waals surface area contributed by atoms with E-state index < -0.39 is 0 Å². The summed E-state index contributed by atoms with van der Waals surface area (Å²) in [6.07, 6.45) is 4.03. The molecule has 0 fully saturated rings. The first-order valence-electron chi connectivity index (χ1n) is 8.43. The van der Waals surface area contributed by atoms with Crippen LogP contribution >= 0.6 is 0 Å². The largest absolute Gasteiger partial charge is 0.322 e. The number of anilines is 1. The molecule has 1 N–H and O–H groups in total. The van der Waals surface area contributed by atoms with E-state index in [-0.39, 0.29) is 5.91 Å². The second-order valence-electron chi connectivity index (χ2n) is 6.03. The molecule has 0 saturated heterocycles. The van der Waals surface area contributed by atoms with Crippen LogP contribution in [0, 0.1) is 0 Å². The van der Waals surface area contributed by atoms with Gasteiger partial charge in [0.2, 0.25) is 0 Å². The van der Waals surface area contributed by atoms with E-state index in [4.69, 9.17) is 0 Å². The zero-order valence-corrected chi connectivity index (χ0v) is 14.1. The zero-order chi connectivity index (χ0) is 17.8. The van der Waals surface area contributed by atoms with Gasteiger partial charge in [-0.25, -0.2) is 0 Å². The van der Waals surface area contributed by atoms with Crippen molar-refractivity contribution in [1.82, 2.24) is 9.97 Å². The number of nitrogens with zero attached hydrogens (tertiary/aromatic N) is 2. The summed E-state index contributed by atoms with van der Waals surface area (Å²) in [5.74, 6) is -0.155. The molecule has 4 rings (SSSR count). The summed E-state index contributed by atoms with van der Waals surface area (Å²) >= 11 is 0. The summed E-state index contributed by atoms with van der Waals surface area (Å²) in [5, 5.41) is 3.02. The lowest BCUT2D eigenvalue weighted by Gasteiger charge is -2.11. The first-order valence-corrected chi connectivity index (χ1v) is 8.43. The molecule has 0 unspecified atom stereocenters. The third kappa shape index (κ3) is 3.44. The van der Waals surface area contributed by atoms with Crippen LogP contribution in [0.15, 0.2) is 85.2 Å². The molecule has 0 atom stereocenters. The van der Waals surface area contributed by atoms with Gasteiger partial charge >= 0.3 is 0 Å². The summed E-state index contributed by atoms with van der Waals surface area (Å²) in [7, 11) is 0. The number of aromatic nitrogens is 2. The Balaban J connectivity index is 1.59. The highest BCUT2D eigenvalue weighted by atomic mass is 16.1. The van der Waals surface area contributed by atoms with E-state index in [9.17, 15) is 4.79 Å². The smallest absolute Gasteiger partial charge is 0.255 e. The average molecular weight is 339 g/mol. The van der Waals surface area contributed by atoms with E-state index in [1.807, 2.05) is 48.5 Å². The van der Waals surface area contributed by atoms with E-state index in [1.165, 1.54) is 5.56 Å². The van der Waals surface area contributed by atoms with Crippen LogP contribution in [0.2, 0.25) is 0 Å². The normalized spacial score (nSPS) is 10.6. The molecule has 4 aromatic rings. The molecule has 1 heterocycles. The fraction of sp³-hybridized carbons (Fsp3) is 0.0455. The van der Waals surface area contributed by atoms with E-state index in [2.05, 4.69) is 27.4 Å². The molecule has 3 aromatic carbocycles. The average Bonchev–Trinajstić information content (AvgIpc) is 2.70. The number of nitrogens with one attached hydrogen (secondary N) is 1. The van der Waals surface area contributed by atoms with Gasteiger partial charge in [-0.15, -0.1) is 0 Å². The lowest BCUT2D eigenvalue weighted by Crippen LogP contribution is -2.13. The number of amides is 1. The highest BCUT2D eigenvalue weighted by Gasteiger charge is 2.10. The fourth-order valence-corrected chi connectivity index (χ4v) is 2.91. The lowest BCUT2D eigenvalue weighted by atomic mass is 10.0. The summed E-state index contributed by atoms with van der Waals surface area (Å²) in [5.41, 5.74) is 5.14. The van der Waals surface area contributed by atoms with Gasteiger partial charge in [0.15, 0.2) is 0 Å². The molecule has 1 aromatic heterocycles. The van der Waals surface area contributed by atoms with Crippen LogP contribution in [0.4, 0.5) is 5.69 Å². The van der Waals surface area contributed by atoms with Gasteiger partial charge in [-0.3, -0.25) is 14.8 Å². The van der Waals surface area contributed by atoms with Gasteiger partial charge in [-0.1, -0.05) is 48.5 Å². The van der Waals surface area contributed by atoms with Gasteiger partial charge in [0.1, 0.15) is 0 Å². The number of fused-ring (bicyclic) bond motifs is 1. The van der Waals surface area contributed by atoms with Crippen LogP contribution in [-0.2, 0) is 6.42 Å². The summed E-state index contributed by atoms with van der Waals surface area (Å²) in [6.45, 7) is 0. The third-order valence-corrected chi connectivity index (χ3v) is 4.23. The molecule has 0 bridgehead atoms. The predicted molar refractivity (Wildman–Crippen MR) is 103 cm³/mol. The molecule has 4 nitrogen and oxygen atoms in total. The maximum Gasteiger partial charge on any atom is 0.255 e. The Morgan fingerprint density at radius 1 is 0.808 bits per heavy atom. The molecule has 4 heteroatoms. The van der Waals surface area contributed by atoms with Gasteiger partial charge in [-0.2, -0.15) is 0 Å². The van der Waals surface area contributed by atoms with Crippen molar-refractivity contribution in [3.05, 3.63) is 102 Å². The van der Waals surface area contributed by atoms with Crippen LogP contribution in [0.5, 0.6) is 0 Å². The number of carbonyl (C=O) groups is 1. The number of hydrogen-bond acceptors (Lipinski definition) is 3. The Hall–Kier alpha value is -3.53. The van der Waals surface area contributed by atoms with Gasteiger partial charge < -0.3 is 5.32 Å². The van der Waals surface area contributed by atoms with Crippen LogP contribution in [-0.4, -0.2) is 15.9 Å². The van der Waals surface area contributed by atoms with E-state index >= 15 is 0 Å². The summed E-state index contributed by atoms with van der Waals surface area (Å²) < 4.78 is 0. The van der Waals surface area contributed by atoms with Crippen molar-refractivity contribution in [2.45, 2.75) is 6.42 Å². The quantitative estimate of drug-likeness (QED) is 0.597. The molecular formula is C22H17N3O. The molecule has 126 valence electrons. The fourth-order valence-electron chi connectivity index (χ4n) is 2.91. The van der Waals surface area contributed by atoms with Crippen molar-refractivity contribution < 1.29 is 4.79 Å². The standard InChI is InChI=1S/C22H17N3O/c26-22(18-10-11-20-21(15-18)24-13-12-23-20)25-19-9-5-4-8-17(19)14-16-6-2-1-3-7-16/h1-13,15H,14H2,(H,25,26). The van der Waals surface area contributed by atoms with Gasteiger partial charge in [0.25, 0.3) is 5.91 Å². The first kappa shape index (κ1) is 16.0. The monoisotopic (exact) mass is 339 g/mol. The topological polar surface area (TPSA) is 54.9 Å². The number of para-hydroxylation sites is 1. The van der Waals surface area contributed by atoms with Crippen LogP contribution < -0.4 is 5.32 Å². The third-order valence-electron chi connectivity index (χ3n) is 4.23. The Bertz CT molecular complexity index is 1060. The van der Waals surface area contributed by atoms with Gasteiger partial charge in [0, 0.05) is 23.6 Å². The van der Waals surface area contributed by atoms with Gasteiger partial charge in [0.05, 0.1) is 11.0 Å². The Morgan fingerprint density at radius 2 is 1.54 bits per heavy atom. The molecule has 26 heavy (non-hydrogen) atoms. The number of carbonyl (C=O) groups excluding carboxylic acids is 1. The highest BCUT2D eigenvalue weighted by molar-refractivity contribution is 6.06.